The summed E-state index contributed by atoms with van der Waals surface area (Å²) < 4.78 is 14.1. The number of hydrogen-bond acceptors (Lipinski definition) is 5. The normalized spacial score (nSPS) is 18.4. The van der Waals surface area contributed by atoms with E-state index in [0.717, 1.165) is 33.7 Å². The van der Waals surface area contributed by atoms with Crippen molar-refractivity contribution in [1.29, 1.82) is 5.26 Å². The highest BCUT2D eigenvalue weighted by molar-refractivity contribution is 7.98. The largest absolute Gasteiger partial charge is 0.384 e. The van der Waals surface area contributed by atoms with Gasteiger partial charge in [0.2, 0.25) is 0 Å². The van der Waals surface area contributed by atoms with Crippen molar-refractivity contribution in [3.05, 3.63) is 116 Å². The number of carbonyl (C=O) groups is 1. The number of anilines is 1. The zero-order chi connectivity index (χ0) is 29.6. The van der Waals surface area contributed by atoms with Crippen LogP contribution in [0.4, 0.5) is 10.1 Å². The van der Waals surface area contributed by atoms with E-state index in [1.807, 2.05) is 19.1 Å². The molecule has 1 aliphatic carbocycles. The van der Waals surface area contributed by atoms with E-state index in [2.05, 4.69) is 58.0 Å². The first kappa shape index (κ1) is 29.0. The van der Waals surface area contributed by atoms with Crippen LogP contribution in [0.3, 0.4) is 0 Å². The molecule has 3 aromatic rings. The number of nitrogens with two attached hydrogens (primary N) is 1. The molecule has 0 aromatic heterocycles. The van der Waals surface area contributed by atoms with Crippen LogP contribution in [0, 0.1) is 43.3 Å². The van der Waals surface area contributed by atoms with Crippen LogP contribution in [0.1, 0.15) is 60.4 Å². The third-order valence-electron chi connectivity index (χ3n) is 8.03. The molecule has 1 heterocycles. The lowest BCUT2D eigenvalue weighted by atomic mass is 9.68. The minimum absolute atomic E-state index is 0.00329. The van der Waals surface area contributed by atoms with Crippen LogP contribution in [0.15, 0.2) is 82.2 Å². The van der Waals surface area contributed by atoms with Gasteiger partial charge in [0.05, 0.1) is 22.6 Å². The van der Waals surface area contributed by atoms with Crippen LogP contribution < -0.4 is 10.6 Å². The van der Waals surface area contributed by atoms with Crippen LogP contribution in [-0.2, 0) is 10.5 Å². The second-order valence-corrected chi connectivity index (χ2v) is 13.2. The van der Waals surface area contributed by atoms with Crippen molar-refractivity contribution in [2.45, 2.75) is 64.0 Å². The number of Topliss-reactive ketones (excluding diaryl/α,β-unsaturated/α-hetero) is 1. The number of rotatable bonds is 5. The lowest BCUT2D eigenvalue weighted by molar-refractivity contribution is -0.118. The molecule has 0 amide bonds. The molecule has 4 nitrogen and oxygen atoms in total. The van der Waals surface area contributed by atoms with E-state index < -0.39 is 11.7 Å². The van der Waals surface area contributed by atoms with Gasteiger partial charge in [0.15, 0.2) is 5.78 Å². The number of allylic oxidation sites excluding steroid dienone is 3. The molecule has 41 heavy (non-hydrogen) atoms. The van der Waals surface area contributed by atoms with Crippen LogP contribution >= 0.6 is 23.4 Å². The number of aryl methyl sites for hydroxylation is 2. The van der Waals surface area contributed by atoms with E-state index in [0.29, 0.717) is 29.7 Å². The Morgan fingerprint density at radius 3 is 2.54 bits per heavy atom. The Bertz CT molecular complexity index is 1680. The van der Waals surface area contributed by atoms with Crippen molar-refractivity contribution in [3.63, 3.8) is 0 Å². The van der Waals surface area contributed by atoms with Crippen molar-refractivity contribution >= 4 is 34.8 Å². The zero-order valence-corrected chi connectivity index (χ0v) is 25.5. The number of carbonyl (C=O) groups excluding carboxylic acids is 1. The van der Waals surface area contributed by atoms with Gasteiger partial charge in [-0.15, -0.1) is 11.8 Å². The molecule has 3 aromatic carbocycles. The summed E-state index contributed by atoms with van der Waals surface area (Å²) in [6.07, 6.45) is 0.930. The highest BCUT2D eigenvalue weighted by Gasteiger charge is 2.45. The number of hydrogen-bond donors (Lipinski definition) is 1. The molecule has 0 saturated heterocycles. The minimum atomic E-state index is -0.590. The van der Waals surface area contributed by atoms with Gasteiger partial charge in [0.25, 0.3) is 0 Å². The number of nitriles is 1. The smallest absolute Gasteiger partial charge is 0.162 e. The van der Waals surface area contributed by atoms with E-state index in [1.54, 1.807) is 22.7 Å². The molecular formula is C34H33ClFN3OS. The minimum Gasteiger partial charge on any atom is -0.384 e. The molecule has 0 radical (unpaired) electrons. The fourth-order valence-electron chi connectivity index (χ4n) is 6.03. The summed E-state index contributed by atoms with van der Waals surface area (Å²) in [4.78, 5) is 16.9. The molecule has 0 spiro atoms. The Hall–Kier alpha value is -3.53. The molecule has 1 atom stereocenters. The highest BCUT2D eigenvalue weighted by Crippen LogP contribution is 2.51. The quantitative estimate of drug-likeness (QED) is 0.303. The van der Waals surface area contributed by atoms with E-state index in [1.165, 1.54) is 22.6 Å². The van der Waals surface area contributed by atoms with E-state index in [9.17, 15) is 14.4 Å². The van der Waals surface area contributed by atoms with Gasteiger partial charge >= 0.3 is 0 Å². The number of ketones is 1. The predicted octanol–water partition coefficient (Wildman–Crippen LogP) is 8.64. The van der Waals surface area contributed by atoms with Crippen molar-refractivity contribution in [3.8, 4) is 6.07 Å². The predicted molar refractivity (Wildman–Crippen MR) is 165 cm³/mol. The van der Waals surface area contributed by atoms with Crippen molar-refractivity contribution < 1.29 is 9.18 Å². The van der Waals surface area contributed by atoms with Gasteiger partial charge in [-0.05, 0) is 79.1 Å². The molecule has 210 valence electrons. The summed E-state index contributed by atoms with van der Waals surface area (Å²) in [7, 11) is 0. The first-order valence-electron chi connectivity index (χ1n) is 13.6. The number of halogens is 2. The average molecular weight is 586 g/mol. The maximum Gasteiger partial charge on any atom is 0.162 e. The third-order valence-corrected chi connectivity index (χ3v) is 9.54. The second-order valence-electron chi connectivity index (χ2n) is 11.8. The second kappa shape index (κ2) is 11.0. The van der Waals surface area contributed by atoms with Crippen LogP contribution in [0.25, 0.3) is 0 Å². The summed E-state index contributed by atoms with van der Waals surface area (Å²) in [5.41, 5.74) is 14.0. The van der Waals surface area contributed by atoms with Crippen molar-refractivity contribution in [1.82, 2.24) is 0 Å². The summed E-state index contributed by atoms with van der Waals surface area (Å²) >= 11 is 7.94. The summed E-state index contributed by atoms with van der Waals surface area (Å²) in [5.74, 6) is -0.147. The fourth-order valence-corrected chi connectivity index (χ4v) is 7.28. The molecule has 1 aliphatic heterocycles. The number of nitrogens with zero attached hydrogens (tertiary/aromatic N) is 2. The monoisotopic (exact) mass is 585 g/mol. The van der Waals surface area contributed by atoms with Crippen LogP contribution in [0.2, 0.25) is 5.02 Å². The van der Waals surface area contributed by atoms with Gasteiger partial charge < -0.3 is 5.73 Å². The molecule has 5 rings (SSSR count). The number of thioether (sulfide) groups is 1. The SMILES string of the molecule is Cc1cc(CSc2ccccc2C)c(C)c(C2C(C#N)=C(N)N(c3ccc(F)c(Cl)c3)C3=C2C(=O)CC(C)(C)C3)c1. The molecule has 0 bridgehead atoms. The molecule has 7 heteroatoms. The topological polar surface area (TPSA) is 70.1 Å². The van der Waals surface area contributed by atoms with Crippen molar-refractivity contribution in [2.75, 3.05) is 4.90 Å². The van der Waals surface area contributed by atoms with E-state index in [4.69, 9.17) is 17.3 Å². The average Bonchev–Trinajstić information content (AvgIpc) is 2.90. The van der Waals surface area contributed by atoms with Gasteiger partial charge in [-0.2, -0.15) is 5.26 Å². The Labute approximate surface area is 250 Å². The highest BCUT2D eigenvalue weighted by atomic mass is 35.5. The first-order chi connectivity index (χ1) is 19.4. The van der Waals surface area contributed by atoms with Gasteiger partial charge in [-0.1, -0.05) is 61.3 Å². The molecule has 0 saturated carbocycles. The van der Waals surface area contributed by atoms with Gasteiger partial charge in [0, 0.05) is 34.0 Å². The molecule has 1 unspecified atom stereocenters. The first-order valence-corrected chi connectivity index (χ1v) is 15.0. The van der Waals surface area contributed by atoms with E-state index >= 15 is 0 Å². The van der Waals surface area contributed by atoms with Crippen LogP contribution in [0.5, 0.6) is 0 Å². The lowest BCUT2D eigenvalue weighted by Crippen LogP contribution is -2.42. The van der Waals surface area contributed by atoms with Crippen LogP contribution in [-0.4, -0.2) is 5.78 Å². The molecule has 0 fully saturated rings. The van der Waals surface area contributed by atoms with Gasteiger partial charge in [-0.25, -0.2) is 4.39 Å². The summed E-state index contributed by atoms with van der Waals surface area (Å²) in [6, 6.07) is 19.3. The molecular weight excluding hydrogens is 553 g/mol. The number of benzene rings is 3. The van der Waals surface area contributed by atoms with Gasteiger partial charge in [0.1, 0.15) is 11.6 Å². The van der Waals surface area contributed by atoms with Crippen molar-refractivity contribution in [2.24, 2.45) is 11.1 Å². The lowest BCUT2D eigenvalue weighted by Gasteiger charge is -2.44. The van der Waals surface area contributed by atoms with E-state index in [-0.39, 0.29) is 22.0 Å². The van der Waals surface area contributed by atoms with Gasteiger partial charge in [-0.3, -0.25) is 9.69 Å². The zero-order valence-electron chi connectivity index (χ0n) is 23.9. The Balaban J connectivity index is 1.69. The molecule has 2 aliphatic rings. The fraction of sp³-hybridized carbons (Fsp3) is 0.294. The maximum atomic E-state index is 14.1. The third kappa shape index (κ3) is 5.41. The standard InChI is InChI=1S/C34H33ClFN3OS/c1-19-12-22(18-41-30-9-7-6-8-20(30)2)21(3)24(13-19)31-25(17-37)33(38)39(23-10-11-27(36)26(35)14-23)28-15-34(4,5)16-29(40)32(28)31/h6-14,31H,15-16,18,38H2,1-5H3. The summed E-state index contributed by atoms with van der Waals surface area (Å²) in [5, 5.41) is 10.5. The Kier molecular flexibility index (Phi) is 7.80. The maximum absolute atomic E-state index is 14.1. The molecule has 2 N–H and O–H groups in total. The Morgan fingerprint density at radius 2 is 1.85 bits per heavy atom. The Morgan fingerprint density at radius 1 is 1.12 bits per heavy atom. The summed E-state index contributed by atoms with van der Waals surface area (Å²) in [6.45, 7) is 10.3.